The van der Waals surface area contributed by atoms with Crippen LogP contribution < -0.4 is 14.8 Å². The molecule has 0 aliphatic rings. The van der Waals surface area contributed by atoms with Gasteiger partial charge in [0.2, 0.25) is 5.91 Å². The Morgan fingerprint density at radius 3 is 2.59 bits per heavy atom. The fourth-order valence-electron chi connectivity index (χ4n) is 1.94. The van der Waals surface area contributed by atoms with Crippen LogP contribution >= 0.6 is 11.3 Å². The number of hydrogen-bond donors (Lipinski definition) is 1. The molecule has 0 spiro atoms. The topological polar surface area (TPSA) is 47.6 Å². The van der Waals surface area contributed by atoms with E-state index in [0.717, 1.165) is 10.4 Å². The Morgan fingerprint density at radius 1 is 1.18 bits per heavy atom. The molecule has 22 heavy (non-hydrogen) atoms. The molecule has 0 atom stereocenters. The Kier molecular flexibility index (Phi) is 5.61. The van der Waals surface area contributed by atoms with Crippen LogP contribution in [0.15, 0.2) is 36.4 Å². The average Bonchev–Trinajstić information content (AvgIpc) is 2.96. The van der Waals surface area contributed by atoms with Gasteiger partial charge >= 0.3 is 0 Å². The Balaban J connectivity index is 1.92. The second-order valence-corrected chi connectivity index (χ2v) is 6.01. The highest BCUT2D eigenvalue weighted by atomic mass is 32.1. The molecule has 2 aromatic rings. The van der Waals surface area contributed by atoms with E-state index in [1.807, 2.05) is 43.3 Å². The lowest BCUT2D eigenvalue weighted by Gasteiger charge is -2.09. The number of ether oxygens (including phenoxy) is 2. The summed E-state index contributed by atoms with van der Waals surface area (Å²) in [7, 11) is 3.18. The second kappa shape index (κ2) is 7.66. The predicted molar refractivity (Wildman–Crippen MR) is 89.5 cm³/mol. The third kappa shape index (κ3) is 4.36. The first-order chi connectivity index (χ1) is 10.6. The number of benzene rings is 1. The maximum absolute atomic E-state index is 11.8. The zero-order valence-electron chi connectivity index (χ0n) is 12.9. The molecular formula is C17H19NO3S. The van der Waals surface area contributed by atoms with Gasteiger partial charge in [0.05, 0.1) is 14.2 Å². The normalized spacial score (nSPS) is 10.7. The van der Waals surface area contributed by atoms with E-state index in [1.54, 1.807) is 31.6 Å². The van der Waals surface area contributed by atoms with Crippen molar-refractivity contribution in [3.05, 3.63) is 51.7 Å². The van der Waals surface area contributed by atoms with E-state index >= 15 is 0 Å². The van der Waals surface area contributed by atoms with Crippen molar-refractivity contribution in [2.45, 2.75) is 13.5 Å². The largest absolute Gasteiger partial charge is 0.493 e. The summed E-state index contributed by atoms with van der Waals surface area (Å²) in [6.07, 6.45) is 3.37. The molecule has 0 saturated carbocycles. The molecule has 0 radical (unpaired) electrons. The number of thiophene rings is 1. The molecule has 0 aliphatic heterocycles. The van der Waals surface area contributed by atoms with Crippen LogP contribution in [0.5, 0.6) is 11.5 Å². The number of aryl methyl sites for hydroxylation is 1. The van der Waals surface area contributed by atoms with E-state index in [2.05, 4.69) is 5.32 Å². The number of methoxy groups -OCH3 is 2. The number of hydrogen-bond acceptors (Lipinski definition) is 4. The van der Waals surface area contributed by atoms with Crippen LogP contribution in [-0.2, 0) is 11.3 Å². The number of carbonyl (C=O) groups is 1. The van der Waals surface area contributed by atoms with Gasteiger partial charge in [-0.25, -0.2) is 0 Å². The molecule has 1 amide bonds. The van der Waals surface area contributed by atoms with Gasteiger partial charge in [-0.1, -0.05) is 6.07 Å². The molecule has 1 heterocycles. The van der Waals surface area contributed by atoms with Crippen molar-refractivity contribution in [1.82, 2.24) is 5.32 Å². The van der Waals surface area contributed by atoms with Crippen LogP contribution in [0, 0.1) is 6.92 Å². The first-order valence-corrected chi connectivity index (χ1v) is 7.67. The summed E-state index contributed by atoms with van der Waals surface area (Å²) < 4.78 is 10.4. The van der Waals surface area contributed by atoms with Crippen LogP contribution in [-0.4, -0.2) is 20.1 Å². The summed E-state index contributed by atoms with van der Waals surface area (Å²) in [6, 6.07) is 9.61. The molecular weight excluding hydrogens is 298 g/mol. The average molecular weight is 317 g/mol. The summed E-state index contributed by atoms with van der Waals surface area (Å²) in [5.74, 6) is 1.20. The van der Waals surface area contributed by atoms with Gasteiger partial charge in [0.1, 0.15) is 0 Å². The Morgan fingerprint density at radius 2 is 1.95 bits per heavy atom. The van der Waals surface area contributed by atoms with Gasteiger partial charge in [-0.05, 0) is 42.8 Å². The lowest BCUT2D eigenvalue weighted by molar-refractivity contribution is -0.116. The Labute approximate surface area is 134 Å². The van der Waals surface area contributed by atoms with Crippen molar-refractivity contribution in [3.63, 3.8) is 0 Å². The second-order valence-electron chi connectivity index (χ2n) is 4.69. The lowest BCUT2D eigenvalue weighted by Crippen LogP contribution is -2.20. The highest BCUT2D eigenvalue weighted by molar-refractivity contribution is 7.12. The summed E-state index contributed by atoms with van der Waals surface area (Å²) in [4.78, 5) is 14.1. The summed E-state index contributed by atoms with van der Waals surface area (Å²) >= 11 is 1.66. The fraction of sp³-hybridized carbons (Fsp3) is 0.235. The monoisotopic (exact) mass is 317 g/mol. The number of amides is 1. The van der Waals surface area contributed by atoms with Gasteiger partial charge in [-0.3, -0.25) is 4.79 Å². The van der Waals surface area contributed by atoms with E-state index in [1.165, 1.54) is 4.88 Å². The van der Waals surface area contributed by atoms with Gasteiger partial charge in [-0.2, -0.15) is 0 Å². The van der Waals surface area contributed by atoms with Gasteiger partial charge in [0.25, 0.3) is 0 Å². The maximum atomic E-state index is 11.8. The minimum atomic E-state index is -0.124. The van der Waals surface area contributed by atoms with Crippen LogP contribution in [0.1, 0.15) is 15.3 Å². The van der Waals surface area contributed by atoms with Crippen molar-refractivity contribution in [2.75, 3.05) is 14.2 Å². The van der Waals surface area contributed by atoms with Gasteiger partial charge in [0.15, 0.2) is 11.5 Å². The third-order valence-electron chi connectivity index (χ3n) is 3.07. The quantitative estimate of drug-likeness (QED) is 0.831. The standard InChI is InChI=1S/C17H19NO3S/c1-12-4-6-14(22-12)7-9-17(19)18-11-13-5-8-15(20-2)16(10-13)21-3/h4-10H,11H2,1-3H3,(H,18,19)/b9-7+. The van der Waals surface area contributed by atoms with E-state index in [0.29, 0.717) is 18.0 Å². The lowest BCUT2D eigenvalue weighted by atomic mass is 10.2. The van der Waals surface area contributed by atoms with Crippen LogP contribution in [0.2, 0.25) is 0 Å². The van der Waals surface area contributed by atoms with Gasteiger partial charge in [0, 0.05) is 22.4 Å². The number of carbonyl (C=O) groups excluding carboxylic acids is 1. The molecule has 1 N–H and O–H groups in total. The number of rotatable bonds is 6. The van der Waals surface area contributed by atoms with E-state index < -0.39 is 0 Å². The molecule has 4 nitrogen and oxygen atoms in total. The maximum Gasteiger partial charge on any atom is 0.244 e. The summed E-state index contributed by atoms with van der Waals surface area (Å²) in [6.45, 7) is 2.48. The zero-order valence-corrected chi connectivity index (χ0v) is 13.7. The highest BCUT2D eigenvalue weighted by Gasteiger charge is 2.05. The SMILES string of the molecule is COc1ccc(CNC(=O)/C=C/c2ccc(C)s2)cc1OC. The van der Waals surface area contributed by atoms with Crippen molar-refractivity contribution < 1.29 is 14.3 Å². The molecule has 0 fully saturated rings. The molecule has 0 bridgehead atoms. The van der Waals surface area contributed by atoms with Crippen LogP contribution in [0.25, 0.3) is 6.08 Å². The van der Waals surface area contributed by atoms with Crippen molar-refractivity contribution in [1.29, 1.82) is 0 Å². The molecule has 116 valence electrons. The van der Waals surface area contributed by atoms with Gasteiger partial charge < -0.3 is 14.8 Å². The fourth-order valence-corrected chi connectivity index (χ4v) is 2.72. The van der Waals surface area contributed by atoms with E-state index in [-0.39, 0.29) is 5.91 Å². The molecule has 2 rings (SSSR count). The highest BCUT2D eigenvalue weighted by Crippen LogP contribution is 2.27. The minimum absolute atomic E-state index is 0.124. The van der Waals surface area contributed by atoms with Crippen LogP contribution in [0.3, 0.4) is 0 Å². The smallest absolute Gasteiger partial charge is 0.244 e. The van der Waals surface area contributed by atoms with Crippen molar-refractivity contribution >= 4 is 23.3 Å². The van der Waals surface area contributed by atoms with Crippen LogP contribution in [0.4, 0.5) is 0 Å². The van der Waals surface area contributed by atoms with Crippen molar-refractivity contribution in [2.24, 2.45) is 0 Å². The molecule has 1 aromatic heterocycles. The van der Waals surface area contributed by atoms with Crippen molar-refractivity contribution in [3.8, 4) is 11.5 Å². The molecule has 0 aliphatic carbocycles. The molecule has 0 saturated heterocycles. The molecule has 5 heteroatoms. The number of nitrogens with one attached hydrogen (secondary N) is 1. The Bertz CT molecular complexity index is 676. The van der Waals surface area contributed by atoms with Gasteiger partial charge in [-0.15, -0.1) is 11.3 Å². The van der Waals surface area contributed by atoms with E-state index in [4.69, 9.17) is 9.47 Å². The zero-order chi connectivity index (χ0) is 15.9. The Hall–Kier alpha value is -2.27. The molecule has 1 aromatic carbocycles. The first kappa shape index (κ1) is 16.1. The predicted octanol–water partition coefficient (Wildman–Crippen LogP) is 3.40. The van der Waals surface area contributed by atoms with E-state index in [9.17, 15) is 4.79 Å². The first-order valence-electron chi connectivity index (χ1n) is 6.85. The minimum Gasteiger partial charge on any atom is -0.493 e. The third-order valence-corrected chi connectivity index (χ3v) is 4.04. The molecule has 0 unspecified atom stereocenters. The summed E-state index contributed by atoms with van der Waals surface area (Å²) in [5, 5.41) is 2.85. The summed E-state index contributed by atoms with van der Waals surface area (Å²) in [5.41, 5.74) is 0.950.